The molecule has 0 radical (unpaired) electrons. The van der Waals surface area contributed by atoms with Gasteiger partial charge in [-0.15, -0.1) is 0 Å². The number of rotatable bonds is 8. The summed E-state index contributed by atoms with van der Waals surface area (Å²) in [6.07, 6.45) is 0.364. The monoisotopic (exact) mass is 350 g/mol. The first-order chi connectivity index (χ1) is 12.8. The molecule has 0 aliphatic carbocycles. The largest absolute Gasteiger partial charge is 0.383 e. The lowest BCUT2D eigenvalue weighted by molar-refractivity contribution is -0.121. The minimum absolute atomic E-state index is 0.0174. The van der Waals surface area contributed by atoms with Gasteiger partial charge in [0.1, 0.15) is 5.82 Å². The Morgan fingerprint density at radius 1 is 1.00 bits per heavy atom. The van der Waals surface area contributed by atoms with Crippen molar-refractivity contribution in [3.05, 3.63) is 54.6 Å². The summed E-state index contributed by atoms with van der Waals surface area (Å²) >= 11 is 0. The molecule has 0 aliphatic heterocycles. The van der Waals surface area contributed by atoms with Crippen molar-refractivity contribution in [2.45, 2.75) is 6.42 Å². The number of carbonyl (C=O) groups is 1. The van der Waals surface area contributed by atoms with Gasteiger partial charge in [0.2, 0.25) is 5.91 Å². The van der Waals surface area contributed by atoms with E-state index in [2.05, 4.69) is 20.6 Å². The van der Waals surface area contributed by atoms with Gasteiger partial charge in [-0.2, -0.15) is 0 Å². The van der Waals surface area contributed by atoms with Crippen molar-refractivity contribution in [2.24, 2.45) is 0 Å². The van der Waals surface area contributed by atoms with Crippen LogP contribution in [-0.2, 0) is 9.53 Å². The highest BCUT2D eigenvalue weighted by atomic mass is 16.5. The molecule has 3 aromatic rings. The minimum atomic E-state index is -0.0174. The first kappa shape index (κ1) is 17.8. The van der Waals surface area contributed by atoms with Crippen LogP contribution in [0.2, 0.25) is 0 Å². The van der Waals surface area contributed by atoms with Gasteiger partial charge in [-0.1, -0.05) is 42.5 Å². The molecule has 0 saturated carbocycles. The second-order valence-electron chi connectivity index (χ2n) is 5.80. The van der Waals surface area contributed by atoms with Crippen molar-refractivity contribution in [3.63, 3.8) is 0 Å². The summed E-state index contributed by atoms with van der Waals surface area (Å²) in [5.41, 5.74) is 1.83. The standard InChI is InChI=1S/C20H22N4O2/c1-26-14-13-21-18(25)11-12-22-20-16-9-5-6-10-17(16)23-19(24-20)15-7-3-2-4-8-15/h2-10H,11-14H2,1H3,(H,21,25)(H,22,23,24). The van der Waals surface area contributed by atoms with Crippen LogP contribution in [0.15, 0.2) is 54.6 Å². The number of fused-ring (bicyclic) bond motifs is 1. The molecule has 0 fully saturated rings. The SMILES string of the molecule is COCCNC(=O)CCNc1nc(-c2ccccc2)nc2ccccc12. The second kappa shape index (κ2) is 8.92. The van der Waals surface area contributed by atoms with E-state index in [1.807, 2.05) is 54.6 Å². The Hall–Kier alpha value is -2.99. The predicted octanol–water partition coefficient (Wildman–Crippen LogP) is 2.86. The normalized spacial score (nSPS) is 10.7. The number of hydrogen-bond donors (Lipinski definition) is 2. The van der Waals surface area contributed by atoms with Crippen molar-refractivity contribution >= 4 is 22.6 Å². The smallest absolute Gasteiger partial charge is 0.221 e. The second-order valence-corrected chi connectivity index (χ2v) is 5.80. The minimum Gasteiger partial charge on any atom is -0.383 e. The lowest BCUT2D eigenvalue weighted by atomic mass is 10.2. The number of nitrogens with one attached hydrogen (secondary N) is 2. The number of nitrogens with zero attached hydrogens (tertiary/aromatic N) is 2. The van der Waals surface area contributed by atoms with Gasteiger partial charge in [-0.05, 0) is 12.1 Å². The summed E-state index contributed by atoms with van der Waals surface area (Å²) in [4.78, 5) is 21.1. The summed E-state index contributed by atoms with van der Waals surface area (Å²) in [5, 5.41) is 7.02. The summed E-state index contributed by atoms with van der Waals surface area (Å²) in [5.74, 6) is 1.38. The maximum atomic E-state index is 11.8. The highest BCUT2D eigenvalue weighted by Crippen LogP contribution is 2.24. The molecule has 2 N–H and O–H groups in total. The molecule has 0 bridgehead atoms. The van der Waals surface area contributed by atoms with Crippen molar-refractivity contribution in [3.8, 4) is 11.4 Å². The van der Waals surface area contributed by atoms with E-state index in [9.17, 15) is 4.79 Å². The van der Waals surface area contributed by atoms with Crippen LogP contribution < -0.4 is 10.6 Å². The lowest BCUT2D eigenvalue weighted by Gasteiger charge is -2.11. The number of aromatic nitrogens is 2. The fourth-order valence-corrected chi connectivity index (χ4v) is 2.60. The Morgan fingerprint density at radius 3 is 2.58 bits per heavy atom. The lowest BCUT2D eigenvalue weighted by Crippen LogP contribution is -2.28. The zero-order valence-corrected chi connectivity index (χ0v) is 14.7. The summed E-state index contributed by atoms with van der Waals surface area (Å²) < 4.78 is 4.92. The zero-order valence-electron chi connectivity index (χ0n) is 14.7. The predicted molar refractivity (Wildman–Crippen MR) is 103 cm³/mol. The highest BCUT2D eigenvalue weighted by molar-refractivity contribution is 5.90. The average molecular weight is 350 g/mol. The summed E-state index contributed by atoms with van der Waals surface area (Å²) in [6, 6.07) is 17.7. The van der Waals surface area contributed by atoms with Gasteiger partial charge >= 0.3 is 0 Å². The van der Waals surface area contributed by atoms with Crippen LogP contribution in [0.5, 0.6) is 0 Å². The van der Waals surface area contributed by atoms with E-state index in [0.717, 1.165) is 22.3 Å². The molecule has 134 valence electrons. The summed E-state index contributed by atoms with van der Waals surface area (Å²) in [7, 11) is 1.61. The molecule has 6 nitrogen and oxygen atoms in total. The fourth-order valence-electron chi connectivity index (χ4n) is 2.60. The molecule has 1 aromatic heterocycles. The van der Waals surface area contributed by atoms with E-state index >= 15 is 0 Å². The van der Waals surface area contributed by atoms with Crippen LogP contribution in [0.3, 0.4) is 0 Å². The van der Waals surface area contributed by atoms with E-state index in [4.69, 9.17) is 4.74 Å². The molecule has 0 atom stereocenters. The first-order valence-corrected chi connectivity index (χ1v) is 8.59. The molecular formula is C20H22N4O2. The summed E-state index contributed by atoms with van der Waals surface area (Å²) in [6.45, 7) is 1.52. The Morgan fingerprint density at radius 2 is 1.77 bits per heavy atom. The third-order valence-corrected chi connectivity index (χ3v) is 3.91. The van der Waals surface area contributed by atoms with Crippen LogP contribution >= 0.6 is 0 Å². The maximum absolute atomic E-state index is 11.8. The van der Waals surface area contributed by atoms with Crippen molar-refractivity contribution < 1.29 is 9.53 Å². The molecule has 2 aromatic carbocycles. The number of benzene rings is 2. The van der Waals surface area contributed by atoms with Gasteiger partial charge in [-0.25, -0.2) is 9.97 Å². The number of hydrogen-bond acceptors (Lipinski definition) is 5. The molecule has 0 unspecified atom stereocenters. The number of carbonyl (C=O) groups excluding carboxylic acids is 1. The third-order valence-electron chi connectivity index (χ3n) is 3.91. The topological polar surface area (TPSA) is 76.1 Å². The van der Waals surface area contributed by atoms with Crippen LogP contribution in [0, 0.1) is 0 Å². The maximum Gasteiger partial charge on any atom is 0.221 e. The molecule has 6 heteroatoms. The Labute approximate surface area is 152 Å². The van der Waals surface area contributed by atoms with Gasteiger partial charge in [0.15, 0.2) is 5.82 Å². The molecule has 1 heterocycles. The van der Waals surface area contributed by atoms with Crippen LogP contribution in [-0.4, -0.2) is 42.7 Å². The number of ether oxygens (including phenoxy) is 1. The van der Waals surface area contributed by atoms with E-state index in [0.29, 0.717) is 31.9 Å². The van der Waals surface area contributed by atoms with E-state index in [-0.39, 0.29) is 5.91 Å². The van der Waals surface area contributed by atoms with Crippen LogP contribution in [0.1, 0.15) is 6.42 Å². The fraction of sp³-hybridized carbons (Fsp3) is 0.250. The van der Waals surface area contributed by atoms with E-state index in [1.165, 1.54) is 0 Å². The number of amides is 1. The van der Waals surface area contributed by atoms with E-state index in [1.54, 1.807) is 7.11 Å². The Bertz CT molecular complexity index is 868. The average Bonchev–Trinajstić information content (AvgIpc) is 2.68. The zero-order chi connectivity index (χ0) is 18.2. The van der Waals surface area contributed by atoms with E-state index < -0.39 is 0 Å². The molecule has 0 aliphatic rings. The van der Waals surface area contributed by atoms with Gasteiger partial charge < -0.3 is 15.4 Å². The van der Waals surface area contributed by atoms with Crippen LogP contribution in [0.25, 0.3) is 22.3 Å². The van der Waals surface area contributed by atoms with Gasteiger partial charge in [0, 0.05) is 37.6 Å². The highest BCUT2D eigenvalue weighted by Gasteiger charge is 2.09. The van der Waals surface area contributed by atoms with Gasteiger partial charge in [-0.3, -0.25) is 4.79 Å². The number of para-hydroxylation sites is 1. The quantitative estimate of drug-likeness (QED) is 0.611. The van der Waals surface area contributed by atoms with Gasteiger partial charge in [0.05, 0.1) is 12.1 Å². The number of anilines is 1. The molecule has 1 amide bonds. The first-order valence-electron chi connectivity index (χ1n) is 8.59. The van der Waals surface area contributed by atoms with Gasteiger partial charge in [0.25, 0.3) is 0 Å². The molecule has 0 saturated heterocycles. The van der Waals surface area contributed by atoms with Crippen molar-refractivity contribution in [1.82, 2.24) is 15.3 Å². The Kier molecular flexibility index (Phi) is 6.11. The number of methoxy groups -OCH3 is 1. The molecule has 0 spiro atoms. The van der Waals surface area contributed by atoms with Crippen molar-refractivity contribution in [1.29, 1.82) is 0 Å². The molecule has 26 heavy (non-hydrogen) atoms. The van der Waals surface area contributed by atoms with Crippen LogP contribution in [0.4, 0.5) is 5.82 Å². The third kappa shape index (κ3) is 4.55. The molecular weight excluding hydrogens is 328 g/mol. The Balaban J connectivity index is 1.75. The molecule has 3 rings (SSSR count). The van der Waals surface area contributed by atoms with Crippen molar-refractivity contribution in [2.75, 3.05) is 32.1 Å².